The van der Waals surface area contributed by atoms with Gasteiger partial charge in [0, 0.05) is 30.9 Å². The van der Waals surface area contributed by atoms with Crippen LogP contribution in [0.1, 0.15) is 36.5 Å². The van der Waals surface area contributed by atoms with Gasteiger partial charge in [0.25, 0.3) is 5.91 Å². The Hall–Kier alpha value is -1.62. The number of hydrogen-bond donors (Lipinski definition) is 1. The maximum absolute atomic E-state index is 13.4. The minimum atomic E-state index is -0.420. The second-order valence-electron chi connectivity index (χ2n) is 6.18. The van der Waals surface area contributed by atoms with Crippen LogP contribution in [0.3, 0.4) is 0 Å². The Balaban J connectivity index is 1.82. The molecule has 0 spiro atoms. The summed E-state index contributed by atoms with van der Waals surface area (Å²) in [5.41, 5.74) is 6.48. The lowest BCUT2D eigenvalue weighted by atomic mass is 9.96. The Bertz CT molecular complexity index is 548. The van der Waals surface area contributed by atoms with E-state index in [0.29, 0.717) is 11.7 Å². The first-order valence-electron chi connectivity index (χ1n) is 7.66. The van der Waals surface area contributed by atoms with Gasteiger partial charge in [0.05, 0.1) is 5.56 Å². The number of hydrogen-bond acceptors (Lipinski definition) is 3. The quantitative estimate of drug-likeness (QED) is 0.806. The van der Waals surface area contributed by atoms with Crippen molar-refractivity contribution >= 4 is 11.6 Å². The average molecular weight is 291 g/mol. The molecule has 21 heavy (non-hydrogen) atoms. The second kappa shape index (κ2) is 5.64. The molecule has 3 rings (SSSR count). The summed E-state index contributed by atoms with van der Waals surface area (Å²) in [6.07, 6.45) is 3.60. The Morgan fingerprint density at radius 2 is 2.14 bits per heavy atom. The summed E-state index contributed by atoms with van der Waals surface area (Å²) in [4.78, 5) is 17.1. The Kier molecular flexibility index (Phi) is 3.85. The molecule has 1 amide bonds. The van der Waals surface area contributed by atoms with Crippen molar-refractivity contribution in [1.82, 2.24) is 9.80 Å². The molecule has 2 unspecified atom stereocenters. The van der Waals surface area contributed by atoms with Crippen molar-refractivity contribution in [1.29, 1.82) is 0 Å². The van der Waals surface area contributed by atoms with Crippen molar-refractivity contribution in [3.8, 4) is 0 Å². The summed E-state index contributed by atoms with van der Waals surface area (Å²) in [7, 11) is 0. The third-order valence-electron chi connectivity index (χ3n) is 4.69. The highest BCUT2D eigenvalue weighted by molar-refractivity contribution is 5.99. The molecule has 1 aromatic rings. The third-order valence-corrected chi connectivity index (χ3v) is 4.69. The van der Waals surface area contributed by atoms with E-state index in [1.165, 1.54) is 31.0 Å². The number of benzene rings is 1. The summed E-state index contributed by atoms with van der Waals surface area (Å²) >= 11 is 0. The molecule has 2 N–H and O–H groups in total. The van der Waals surface area contributed by atoms with Crippen LogP contribution in [0, 0.1) is 5.82 Å². The topological polar surface area (TPSA) is 49.6 Å². The van der Waals surface area contributed by atoms with Crippen molar-refractivity contribution in [2.45, 2.75) is 38.3 Å². The Morgan fingerprint density at radius 1 is 1.33 bits per heavy atom. The first-order chi connectivity index (χ1) is 10.1. The van der Waals surface area contributed by atoms with Gasteiger partial charge in [-0.1, -0.05) is 6.42 Å². The Morgan fingerprint density at radius 3 is 2.95 bits per heavy atom. The van der Waals surface area contributed by atoms with E-state index in [0.717, 1.165) is 26.1 Å². The fourth-order valence-corrected chi connectivity index (χ4v) is 3.50. The maximum atomic E-state index is 13.4. The van der Waals surface area contributed by atoms with Gasteiger partial charge in [-0.15, -0.1) is 0 Å². The lowest BCUT2D eigenvalue weighted by molar-refractivity contribution is 0.0152. The predicted octanol–water partition coefficient (Wildman–Crippen LogP) is 2.11. The summed E-state index contributed by atoms with van der Waals surface area (Å²) in [5.74, 6) is -0.568. The molecule has 0 aliphatic carbocycles. The molecule has 2 saturated heterocycles. The molecule has 0 saturated carbocycles. The smallest absolute Gasteiger partial charge is 0.256 e. The largest absolute Gasteiger partial charge is 0.398 e. The lowest BCUT2D eigenvalue weighted by Gasteiger charge is -2.47. The van der Waals surface area contributed by atoms with E-state index in [-0.39, 0.29) is 17.5 Å². The molecule has 1 aromatic carbocycles. The molecular weight excluding hydrogens is 269 g/mol. The van der Waals surface area contributed by atoms with E-state index in [4.69, 9.17) is 5.73 Å². The Labute approximate surface area is 124 Å². The summed E-state index contributed by atoms with van der Waals surface area (Å²) < 4.78 is 13.4. The molecule has 2 aliphatic heterocycles. The molecule has 4 nitrogen and oxygen atoms in total. The van der Waals surface area contributed by atoms with E-state index in [2.05, 4.69) is 11.8 Å². The summed E-state index contributed by atoms with van der Waals surface area (Å²) in [6, 6.07) is 4.57. The molecule has 2 aliphatic rings. The number of amides is 1. The van der Waals surface area contributed by atoms with Gasteiger partial charge in [-0.3, -0.25) is 9.69 Å². The van der Waals surface area contributed by atoms with E-state index >= 15 is 0 Å². The van der Waals surface area contributed by atoms with Crippen LogP contribution in [-0.2, 0) is 0 Å². The second-order valence-corrected chi connectivity index (χ2v) is 6.18. The standard InChI is InChI=1S/C16H22FN3O/c1-11-9-19-7-3-2-4-13(19)10-20(11)16(21)14-8-12(17)5-6-15(14)18/h5-6,8,11,13H,2-4,7,9-10,18H2,1H3. The zero-order valence-electron chi connectivity index (χ0n) is 12.4. The normalized spacial score (nSPS) is 26.5. The molecule has 2 fully saturated rings. The average Bonchev–Trinajstić information content (AvgIpc) is 2.48. The van der Waals surface area contributed by atoms with E-state index in [1.807, 2.05) is 4.90 Å². The van der Waals surface area contributed by atoms with Gasteiger partial charge in [-0.25, -0.2) is 4.39 Å². The minimum Gasteiger partial charge on any atom is -0.398 e. The number of nitrogen functional groups attached to an aromatic ring is 1. The van der Waals surface area contributed by atoms with Crippen LogP contribution in [0.5, 0.6) is 0 Å². The first kappa shape index (κ1) is 14.3. The van der Waals surface area contributed by atoms with Crippen LogP contribution < -0.4 is 5.73 Å². The van der Waals surface area contributed by atoms with Crippen molar-refractivity contribution in [2.24, 2.45) is 0 Å². The van der Waals surface area contributed by atoms with Gasteiger partial charge in [0.2, 0.25) is 0 Å². The summed E-state index contributed by atoms with van der Waals surface area (Å²) in [5, 5.41) is 0. The van der Waals surface area contributed by atoms with Crippen LogP contribution in [0.15, 0.2) is 18.2 Å². The minimum absolute atomic E-state index is 0.134. The number of carbonyl (C=O) groups excluding carboxylic acids is 1. The van der Waals surface area contributed by atoms with Gasteiger partial charge in [0.15, 0.2) is 0 Å². The highest BCUT2D eigenvalue weighted by Crippen LogP contribution is 2.26. The molecule has 0 bridgehead atoms. The number of nitrogens with zero attached hydrogens (tertiary/aromatic N) is 2. The number of nitrogens with two attached hydrogens (primary N) is 1. The number of halogens is 1. The van der Waals surface area contributed by atoms with Crippen molar-refractivity contribution < 1.29 is 9.18 Å². The fraction of sp³-hybridized carbons (Fsp3) is 0.562. The van der Waals surface area contributed by atoms with Crippen LogP contribution in [0.2, 0.25) is 0 Å². The van der Waals surface area contributed by atoms with Gasteiger partial charge < -0.3 is 10.6 Å². The lowest BCUT2D eigenvalue weighted by Crippen LogP contribution is -2.60. The van der Waals surface area contributed by atoms with Gasteiger partial charge in [-0.05, 0) is 44.5 Å². The molecule has 2 atom stereocenters. The predicted molar refractivity (Wildman–Crippen MR) is 80.5 cm³/mol. The molecule has 5 heteroatoms. The number of piperidine rings is 1. The molecular formula is C16H22FN3O. The molecule has 114 valence electrons. The van der Waals surface area contributed by atoms with Gasteiger partial charge in [-0.2, -0.15) is 0 Å². The number of rotatable bonds is 1. The maximum Gasteiger partial charge on any atom is 0.256 e. The number of anilines is 1. The fourth-order valence-electron chi connectivity index (χ4n) is 3.50. The van der Waals surface area contributed by atoms with Crippen molar-refractivity contribution in [3.63, 3.8) is 0 Å². The SMILES string of the molecule is CC1CN2CCCCC2CN1C(=O)c1cc(F)ccc1N. The number of carbonyl (C=O) groups is 1. The van der Waals surface area contributed by atoms with Gasteiger partial charge >= 0.3 is 0 Å². The molecule has 2 heterocycles. The van der Waals surface area contributed by atoms with Crippen molar-refractivity contribution in [2.75, 3.05) is 25.4 Å². The number of fused-ring (bicyclic) bond motifs is 1. The first-order valence-corrected chi connectivity index (χ1v) is 7.66. The van der Waals surface area contributed by atoms with Crippen LogP contribution in [-0.4, -0.2) is 47.4 Å². The van der Waals surface area contributed by atoms with E-state index in [1.54, 1.807) is 0 Å². The van der Waals surface area contributed by atoms with Crippen LogP contribution in [0.4, 0.5) is 10.1 Å². The van der Waals surface area contributed by atoms with Gasteiger partial charge in [0.1, 0.15) is 5.82 Å². The van der Waals surface area contributed by atoms with Crippen LogP contribution >= 0.6 is 0 Å². The molecule has 0 aromatic heterocycles. The monoisotopic (exact) mass is 291 g/mol. The summed E-state index contributed by atoms with van der Waals surface area (Å²) in [6.45, 7) is 4.79. The highest BCUT2D eigenvalue weighted by atomic mass is 19.1. The zero-order valence-corrected chi connectivity index (χ0v) is 12.4. The van der Waals surface area contributed by atoms with Crippen LogP contribution in [0.25, 0.3) is 0 Å². The third kappa shape index (κ3) is 2.75. The molecule has 0 radical (unpaired) electrons. The number of piperazine rings is 1. The van der Waals surface area contributed by atoms with E-state index < -0.39 is 5.82 Å². The van der Waals surface area contributed by atoms with E-state index in [9.17, 15) is 9.18 Å². The zero-order chi connectivity index (χ0) is 15.0. The highest BCUT2D eigenvalue weighted by Gasteiger charge is 2.35. The van der Waals surface area contributed by atoms with Crippen molar-refractivity contribution in [3.05, 3.63) is 29.6 Å².